The maximum absolute atomic E-state index is 13.1. The Labute approximate surface area is 172 Å². The van der Waals surface area contributed by atoms with Gasteiger partial charge in [0.15, 0.2) is 0 Å². The van der Waals surface area contributed by atoms with Crippen molar-refractivity contribution in [1.29, 1.82) is 0 Å². The molecule has 1 saturated heterocycles. The summed E-state index contributed by atoms with van der Waals surface area (Å²) in [4.78, 5) is 28.8. The Morgan fingerprint density at radius 2 is 1.67 bits per heavy atom. The molecule has 2 aromatic carbocycles. The zero-order chi connectivity index (χ0) is 21.5. The molecular weight excluding hydrogens is 393 g/mol. The molecule has 7 heteroatoms. The molecule has 156 valence electrons. The highest BCUT2D eigenvalue weighted by Crippen LogP contribution is 2.47. The minimum Gasteiger partial charge on any atom is -0.339 e. The van der Waals surface area contributed by atoms with Crippen LogP contribution in [-0.4, -0.2) is 36.9 Å². The number of carbonyl (C=O) groups is 2. The second kappa shape index (κ2) is 7.31. The predicted octanol–water partition coefficient (Wildman–Crippen LogP) is 4.26. The third-order valence-corrected chi connectivity index (χ3v) is 6.10. The van der Waals surface area contributed by atoms with Gasteiger partial charge in [0.05, 0.1) is 11.0 Å². The molecule has 1 fully saturated rings. The molecule has 4 nitrogen and oxygen atoms in total. The predicted molar refractivity (Wildman–Crippen MR) is 108 cm³/mol. The van der Waals surface area contributed by atoms with Gasteiger partial charge in [-0.2, -0.15) is 13.2 Å². The number of anilines is 1. The molecule has 0 aromatic heterocycles. The van der Waals surface area contributed by atoms with E-state index in [9.17, 15) is 22.8 Å². The highest BCUT2D eigenvalue weighted by atomic mass is 19.4. The van der Waals surface area contributed by atoms with Crippen LogP contribution in [0.1, 0.15) is 29.5 Å². The first-order chi connectivity index (χ1) is 14.2. The molecular formula is C23H21F3N2O2. The number of benzene rings is 2. The molecule has 0 N–H and O–H groups in total. The van der Waals surface area contributed by atoms with Gasteiger partial charge >= 0.3 is 6.18 Å². The van der Waals surface area contributed by atoms with Gasteiger partial charge in [-0.05, 0) is 42.2 Å². The van der Waals surface area contributed by atoms with Crippen molar-refractivity contribution in [2.75, 3.05) is 25.0 Å². The zero-order valence-corrected chi connectivity index (χ0v) is 16.4. The molecule has 2 amide bonds. The maximum atomic E-state index is 13.1. The number of piperidine rings is 1. The molecule has 0 saturated carbocycles. The zero-order valence-electron chi connectivity index (χ0n) is 16.4. The number of hydrogen-bond acceptors (Lipinski definition) is 2. The van der Waals surface area contributed by atoms with Gasteiger partial charge in [-0.3, -0.25) is 9.59 Å². The molecule has 0 unspecified atom stereocenters. The molecule has 2 aromatic rings. The molecule has 0 atom stereocenters. The van der Waals surface area contributed by atoms with Gasteiger partial charge in [0.1, 0.15) is 0 Å². The first-order valence-electron chi connectivity index (χ1n) is 9.75. The van der Waals surface area contributed by atoms with E-state index in [1.165, 1.54) is 30.4 Å². The Hall–Kier alpha value is -3.09. The molecule has 0 aliphatic carbocycles. The molecule has 4 rings (SSSR count). The van der Waals surface area contributed by atoms with Gasteiger partial charge < -0.3 is 9.80 Å². The van der Waals surface area contributed by atoms with Crippen LogP contribution in [-0.2, 0) is 21.2 Å². The van der Waals surface area contributed by atoms with Crippen molar-refractivity contribution in [3.8, 4) is 0 Å². The van der Waals surface area contributed by atoms with E-state index in [-0.39, 0.29) is 17.4 Å². The molecule has 30 heavy (non-hydrogen) atoms. The third-order valence-electron chi connectivity index (χ3n) is 6.10. The van der Waals surface area contributed by atoms with Crippen LogP contribution in [0.2, 0.25) is 0 Å². The summed E-state index contributed by atoms with van der Waals surface area (Å²) in [5, 5.41) is 0. The summed E-state index contributed by atoms with van der Waals surface area (Å²) in [5.41, 5.74) is 0.427. The van der Waals surface area contributed by atoms with E-state index in [0.717, 1.165) is 17.3 Å². The van der Waals surface area contributed by atoms with Crippen molar-refractivity contribution in [2.45, 2.75) is 24.4 Å². The van der Waals surface area contributed by atoms with Gasteiger partial charge in [0.2, 0.25) is 11.8 Å². The number of alkyl halides is 3. The number of hydrogen-bond donors (Lipinski definition) is 0. The van der Waals surface area contributed by atoms with Crippen LogP contribution in [0.25, 0.3) is 6.08 Å². The van der Waals surface area contributed by atoms with Crippen molar-refractivity contribution in [3.05, 3.63) is 71.3 Å². The van der Waals surface area contributed by atoms with E-state index in [1.807, 2.05) is 24.3 Å². The van der Waals surface area contributed by atoms with Crippen LogP contribution >= 0.6 is 0 Å². The number of para-hydroxylation sites is 1. The molecule has 1 spiro atoms. The van der Waals surface area contributed by atoms with Crippen LogP contribution in [0.4, 0.5) is 18.9 Å². The van der Waals surface area contributed by atoms with Gasteiger partial charge in [0.25, 0.3) is 0 Å². The smallest absolute Gasteiger partial charge is 0.339 e. The lowest BCUT2D eigenvalue weighted by atomic mass is 9.73. The number of likely N-dealkylation sites (N-methyl/N-ethyl adjacent to an activating group) is 1. The molecule has 0 bridgehead atoms. The largest absolute Gasteiger partial charge is 0.416 e. The van der Waals surface area contributed by atoms with Crippen LogP contribution < -0.4 is 4.90 Å². The standard InChI is InChI=1S/C23H21F3N2O2/c1-27-19-9-5-4-8-18(19)22(21(27)30)12-14-28(15-13-22)20(29)11-10-16-6-2-3-7-17(16)23(24,25)26/h2-11H,12-15H2,1H3. The van der Waals surface area contributed by atoms with E-state index >= 15 is 0 Å². The summed E-state index contributed by atoms with van der Waals surface area (Å²) in [6.45, 7) is 0.746. The fourth-order valence-corrected chi connectivity index (χ4v) is 4.48. The number of likely N-dealkylation sites (tertiary alicyclic amines) is 1. The summed E-state index contributed by atoms with van der Waals surface area (Å²) >= 11 is 0. The quantitative estimate of drug-likeness (QED) is 0.690. The average Bonchev–Trinajstić information content (AvgIpc) is 2.94. The number of fused-ring (bicyclic) bond motifs is 2. The summed E-state index contributed by atoms with van der Waals surface area (Å²) in [5.74, 6) is -0.320. The number of rotatable bonds is 2. The fourth-order valence-electron chi connectivity index (χ4n) is 4.48. The topological polar surface area (TPSA) is 40.6 Å². The number of halogens is 3. The second-order valence-electron chi connectivity index (χ2n) is 7.71. The summed E-state index contributed by atoms with van der Waals surface area (Å²) in [6.07, 6.45) is -1.11. The Morgan fingerprint density at radius 3 is 2.37 bits per heavy atom. The van der Waals surface area contributed by atoms with Crippen molar-refractivity contribution < 1.29 is 22.8 Å². The van der Waals surface area contributed by atoms with E-state index in [0.29, 0.717) is 25.9 Å². The Bertz CT molecular complexity index is 1020. The van der Waals surface area contributed by atoms with Crippen molar-refractivity contribution in [2.24, 2.45) is 0 Å². The van der Waals surface area contributed by atoms with E-state index < -0.39 is 17.2 Å². The van der Waals surface area contributed by atoms with Gasteiger partial charge in [-0.25, -0.2) is 0 Å². The van der Waals surface area contributed by atoms with E-state index in [4.69, 9.17) is 0 Å². The van der Waals surface area contributed by atoms with Gasteiger partial charge in [0, 0.05) is 31.9 Å². The molecule has 2 aliphatic heterocycles. The van der Waals surface area contributed by atoms with E-state index in [1.54, 1.807) is 16.8 Å². The lowest BCUT2D eigenvalue weighted by Crippen LogP contribution is -2.49. The summed E-state index contributed by atoms with van der Waals surface area (Å²) < 4.78 is 39.4. The SMILES string of the molecule is CN1C(=O)C2(CCN(C(=O)C=Cc3ccccc3C(F)(F)F)CC2)c2ccccc21. The van der Waals surface area contributed by atoms with Gasteiger partial charge in [-0.1, -0.05) is 36.4 Å². The first-order valence-corrected chi connectivity index (χ1v) is 9.75. The number of amides is 2. The minimum atomic E-state index is -4.48. The minimum absolute atomic E-state index is 0.0328. The lowest BCUT2D eigenvalue weighted by Gasteiger charge is -2.38. The normalized spacial score (nSPS) is 18.3. The molecule has 0 radical (unpaired) electrons. The van der Waals surface area contributed by atoms with Crippen LogP contribution in [0.3, 0.4) is 0 Å². The summed E-state index contributed by atoms with van der Waals surface area (Å²) in [7, 11) is 1.76. The highest BCUT2D eigenvalue weighted by Gasteiger charge is 2.51. The summed E-state index contributed by atoms with van der Waals surface area (Å²) in [6, 6.07) is 12.8. The number of nitrogens with zero attached hydrogens (tertiary/aromatic N) is 2. The second-order valence-corrected chi connectivity index (χ2v) is 7.71. The fraction of sp³-hybridized carbons (Fsp3) is 0.304. The lowest BCUT2D eigenvalue weighted by molar-refractivity contribution is -0.137. The van der Waals surface area contributed by atoms with Crippen molar-refractivity contribution in [3.63, 3.8) is 0 Å². The van der Waals surface area contributed by atoms with E-state index in [2.05, 4.69) is 0 Å². The average molecular weight is 414 g/mol. The Balaban J connectivity index is 1.49. The third kappa shape index (κ3) is 3.28. The first kappa shape index (κ1) is 20.2. The maximum Gasteiger partial charge on any atom is 0.416 e. The molecule has 2 heterocycles. The molecule has 2 aliphatic rings. The van der Waals surface area contributed by atoms with Gasteiger partial charge in [-0.15, -0.1) is 0 Å². The van der Waals surface area contributed by atoms with Crippen LogP contribution in [0.5, 0.6) is 0 Å². The monoisotopic (exact) mass is 414 g/mol. The Morgan fingerprint density at radius 1 is 1.03 bits per heavy atom. The Kier molecular flexibility index (Phi) is 4.92. The highest BCUT2D eigenvalue weighted by molar-refractivity contribution is 6.08. The van der Waals surface area contributed by atoms with Crippen molar-refractivity contribution >= 4 is 23.6 Å². The van der Waals surface area contributed by atoms with Crippen LogP contribution in [0.15, 0.2) is 54.6 Å². The van der Waals surface area contributed by atoms with Crippen LogP contribution in [0, 0.1) is 0 Å². The number of carbonyl (C=O) groups excluding carboxylic acids is 2. The van der Waals surface area contributed by atoms with Crippen molar-refractivity contribution in [1.82, 2.24) is 4.90 Å².